The summed E-state index contributed by atoms with van der Waals surface area (Å²) in [5.74, 6) is 0.287. The summed E-state index contributed by atoms with van der Waals surface area (Å²) in [6, 6.07) is 4.90. The summed E-state index contributed by atoms with van der Waals surface area (Å²) in [7, 11) is 0. The SMILES string of the molecule is CCOc1cc(N=NC(C(C)=O)C(=O)Nc2ccc(OCC)c(OCC)c2Cl)c(Cl)c(OCC)c1. The van der Waals surface area contributed by atoms with Crippen LogP contribution >= 0.6 is 23.2 Å². The van der Waals surface area contributed by atoms with Crippen LogP contribution in [0.2, 0.25) is 10.0 Å². The molecule has 2 aromatic carbocycles. The van der Waals surface area contributed by atoms with Gasteiger partial charge < -0.3 is 24.3 Å². The van der Waals surface area contributed by atoms with E-state index in [1.54, 1.807) is 31.2 Å². The maximum absolute atomic E-state index is 12.9. The van der Waals surface area contributed by atoms with Crippen molar-refractivity contribution in [3.05, 3.63) is 34.3 Å². The fourth-order valence-electron chi connectivity index (χ4n) is 2.96. The van der Waals surface area contributed by atoms with Crippen LogP contribution < -0.4 is 24.3 Å². The number of azo groups is 1. The van der Waals surface area contributed by atoms with Gasteiger partial charge in [0.2, 0.25) is 6.04 Å². The Morgan fingerprint density at radius 3 is 2.11 bits per heavy atom. The molecule has 1 unspecified atom stereocenters. The highest BCUT2D eigenvalue weighted by Gasteiger charge is 2.25. The monoisotopic (exact) mass is 525 g/mol. The topological polar surface area (TPSA) is 108 Å². The summed E-state index contributed by atoms with van der Waals surface area (Å²) in [4.78, 5) is 25.2. The summed E-state index contributed by atoms with van der Waals surface area (Å²) in [6.07, 6.45) is 0. The first kappa shape index (κ1) is 28.2. The summed E-state index contributed by atoms with van der Waals surface area (Å²) in [5, 5.41) is 10.9. The Bertz CT molecular complexity index is 1080. The molecule has 2 aromatic rings. The lowest BCUT2D eigenvalue weighted by Crippen LogP contribution is -2.32. The summed E-state index contributed by atoms with van der Waals surface area (Å²) in [6.45, 7) is 10.0. The van der Waals surface area contributed by atoms with Crippen molar-refractivity contribution in [2.45, 2.75) is 40.7 Å². The molecule has 0 bridgehead atoms. The van der Waals surface area contributed by atoms with E-state index in [0.717, 1.165) is 0 Å². The standard InChI is InChI=1S/C24H29Cl2N3O6/c1-6-32-15-12-17(20(25)19(13-15)34-8-3)28-29-22(14(5)30)24(31)27-16-10-11-18(33-7-2)23(21(16)26)35-9-4/h10-13,22H,6-9H2,1-5H3,(H,27,31). The number of rotatable bonds is 13. The molecule has 0 aliphatic carbocycles. The summed E-state index contributed by atoms with van der Waals surface area (Å²) >= 11 is 12.8. The van der Waals surface area contributed by atoms with Gasteiger partial charge in [0.05, 0.1) is 32.1 Å². The van der Waals surface area contributed by atoms with E-state index < -0.39 is 17.7 Å². The van der Waals surface area contributed by atoms with Gasteiger partial charge in [-0.3, -0.25) is 9.59 Å². The van der Waals surface area contributed by atoms with Crippen LogP contribution in [0.25, 0.3) is 0 Å². The van der Waals surface area contributed by atoms with Crippen LogP contribution in [-0.4, -0.2) is 44.2 Å². The molecule has 1 N–H and O–H groups in total. The zero-order valence-electron chi connectivity index (χ0n) is 20.3. The lowest BCUT2D eigenvalue weighted by molar-refractivity contribution is -0.126. The molecule has 35 heavy (non-hydrogen) atoms. The van der Waals surface area contributed by atoms with E-state index in [9.17, 15) is 9.59 Å². The smallest absolute Gasteiger partial charge is 0.258 e. The van der Waals surface area contributed by atoms with E-state index in [1.165, 1.54) is 6.92 Å². The normalized spacial score (nSPS) is 11.7. The fourth-order valence-corrected chi connectivity index (χ4v) is 3.42. The number of hydrogen-bond acceptors (Lipinski definition) is 8. The number of amides is 1. The largest absolute Gasteiger partial charge is 0.494 e. The number of ketones is 1. The molecular weight excluding hydrogens is 497 g/mol. The van der Waals surface area contributed by atoms with Crippen molar-refractivity contribution in [2.75, 3.05) is 31.7 Å². The molecule has 1 amide bonds. The minimum absolute atomic E-state index is 0.138. The Morgan fingerprint density at radius 1 is 0.886 bits per heavy atom. The Morgan fingerprint density at radius 2 is 1.51 bits per heavy atom. The quantitative estimate of drug-likeness (QED) is 0.244. The number of halogens is 2. The molecule has 0 aromatic heterocycles. The highest BCUT2D eigenvalue weighted by Crippen LogP contribution is 2.41. The number of nitrogens with one attached hydrogen (secondary N) is 1. The molecule has 0 saturated carbocycles. The number of anilines is 1. The number of ether oxygens (including phenoxy) is 4. The molecular formula is C24H29Cl2N3O6. The number of carbonyl (C=O) groups excluding carboxylic acids is 2. The Kier molecular flexibility index (Phi) is 11.1. The third-order valence-corrected chi connectivity index (χ3v) is 5.18. The van der Waals surface area contributed by atoms with Gasteiger partial charge in [0.1, 0.15) is 27.2 Å². The van der Waals surface area contributed by atoms with Crippen molar-refractivity contribution >= 4 is 46.3 Å². The maximum Gasteiger partial charge on any atom is 0.258 e. The molecule has 11 heteroatoms. The fraction of sp³-hybridized carbons (Fsp3) is 0.417. The van der Waals surface area contributed by atoms with Crippen LogP contribution in [0.1, 0.15) is 34.6 Å². The van der Waals surface area contributed by atoms with Crippen molar-refractivity contribution in [3.8, 4) is 23.0 Å². The van der Waals surface area contributed by atoms with Gasteiger partial charge in [-0.25, -0.2) is 0 Å². The van der Waals surface area contributed by atoms with E-state index in [4.69, 9.17) is 42.1 Å². The first-order valence-electron chi connectivity index (χ1n) is 11.2. The average molecular weight is 526 g/mol. The Balaban J connectivity index is 2.35. The molecule has 0 saturated heterocycles. The van der Waals surface area contributed by atoms with Crippen molar-refractivity contribution in [3.63, 3.8) is 0 Å². The van der Waals surface area contributed by atoms with Crippen molar-refractivity contribution in [1.29, 1.82) is 0 Å². The molecule has 2 rings (SSSR count). The number of carbonyl (C=O) groups is 2. The van der Waals surface area contributed by atoms with Crippen molar-refractivity contribution < 1.29 is 28.5 Å². The third-order valence-electron chi connectivity index (χ3n) is 4.43. The second kappa shape index (κ2) is 13.7. The van der Waals surface area contributed by atoms with Gasteiger partial charge in [0, 0.05) is 12.1 Å². The van der Waals surface area contributed by atoms with Gasteiger partial charge in [-0.15, -0.1) is 0 Å². The van der Waals surface area contributed by atoms with Crippen molar-refractivity contribution in [1.82, 2.24) is 0 Å². The van der Waals surface area contributed by atoms with Gasteiger partial charge in [0.15, 0.2) is 17.3 Å². The zero-order valence-corrected chi connectivity index (χ0v) is 21.8. The molecule has 0 aliphatic rings. The van der Waals surface area contributed by atoms with Gasteiger partial charge in [-0.1, -0.05) is 23.2 Å². The highest BCUT2D eigenvalue weighted by atomic mass is 35.5. The lowest BCUT2D eigenvalue weighted by Gasteiger charge is -2.16. The first-order chi connectivity index (χ1) is 16.8. The lowest BCUT2D eigenvalue weighted by atomic mass is 10.2. The molecule has 0 radical (unpaired) electrons. The van der Waals surface area contributed by atoms with E-state index in [1.807, 2.05) is 20.8 Å². The Hall–Kier alpha value is -3.04. The van der Waals surface area contributed by atoms with Gasteiger partial charge in [-0.2, -0.15) is 10.2 Å². The predicted molar refractivity (Wildman–Crippen MR) is 135 cm³/mol. The molecule has 0 heterocycles. The van der Waals surface area contributed by atoms with Gasteiger partial charge in [-0.05, 0) is 46.8 Å². The second-order valence-electron chi connectivity index (χ2n) is 6.96. The van der Waals surface area contributed by atoms with Crippen LogP contribution in [0, 0.1) is 0 Å². The molecule has 1 atom stereocenters. The van der Waals surface area contributed by atoms with Crippen LogP contribution in [0.4, 0.5) is 11.4 Å². The Labute approximate surface area is 214 Å². The maximum atomic E-state index is 12.9. The number of Topliss-reactive ketones (excluding diaryl/α,β-unsaturated/α-hetero) is 1. The van der Waals surface area contributed by atoms with E-state index in [0.29, 0.717) is 43.7 Å². The molecule has 190 valence electrons. The van der Waals surface area contributed by atoms with E-state index in [-0.39, 0.29) is 27.2 Å². The number of benzene rings is 2. The molecule has 9 nitrogen and oxygen atoms in total. The molecule has 0 fully saturated rings. The van der Waals surface area contributed by atoms with Crippen LogP contribution in [0.15, 0.2) is 34.5 Å². The zero-order chi connectivity index (χ0) is 26.0. The highest BCUT2D eigenvalue weighted by molar-refractivity contribution is 6.35. The minimum Gasteiger partial charge on any atom is -0.494 e. The summed E-state index contributed by atoms with van der Waals surface area (Å²) < 4.78 is 22.1. The van der Waals surface area contributed by atoms with Crippen LogP contribution in [0.5, 0.6) is 23.0 Å². The van der Waals surface area contributed by atoms with Gasteiger partial charge in [0.25, 0.3) is 5.91 Å². The predicted octanol–water partition coefficient (Wildman–Crippen LogP) is 6.27. The van der Waals surface area contributed by atoms with E-state index in [2.05, 4.69) is 15.5 Å². The molecule has 0 aliphatic heterocycles. The molecule has 0 spiro atoms. The van der Waals surface area contributed by atoms with E-state index >= 15 is 0 Å². The number of hydrogen-bond donors (Lipinski definition) is 1. The van der Waals surface area contributed by atoms with Crippen molar-refractivity contribution in [2.24, 2.45) is 10.2 Å². The first-order valence-corrected chi connectivity index (χ1v) is 11.9. The van der Waals surface area contributed by atoms with Crippen LogP contribution in [0.3, 0.4) is 0 Å². The third kappa shape index (κ3) is 7.47. The number of nitrogens with zero attached hydrogens (tertiary/aromatic N) is 2. The van der Waals surface area contributed by atoms with Crippen LogP contribution in [-0.2, 0) is 9.59 Å². The minimum atomic E-state index is -1.45. The van der Waals surface area contributed by atoms with Gasteiger partial charge >= 0.3 is 0 Å². The summed E-state index contributed by atoms with van der Waals surface area (Å²) in [5.41, 5.74) is 0.429. The average Bonchev–Trinajstić information content (AvgIpc) is 2.81. The second-order valence-corrected chi connectivity index (χ2v) is 7.71.